The third-order valence-corrected chi connectivity index (χ3v) is 6.87. The van der Waals surface area contributed by atoms with Crippen molar-refractivity contribution in [1.82, 2.24) is 19.4 Å². The van der Waals surface area contributed by atoms with Crippen molar-refractivity contribution in [3.8, 4) is 11.3 Å². The summed E-state index contributed by atoms with van der Waals surface area (Å²) in [5.41, 5.74) is 0.504. The van der Waals surface area contributed by atoms with Crippen molar-refractivity contribution in [2.24, 2.45) is 0 Å². The number of nitrogens with zero attached hydrogens (tertiary/aromatic N) is 4. The van der Waals surface area contributed by atoms with E-state index in [1.807, 2.05) is 0 Å². The molecule has 1 aliphatic heterocycles. The summed E-state index contributed by atoms with van der Waals surface area (Å²) in [6, 6.07) is 7.05. The van der Waals surface area contributed by atoms with Crippen LogP contribution in [0.3, 0.4) is 0 Å². The molecule has 1 saturated heterocycles. The molecule has 1 aromatic carbocycles. The zero-order chi connectivity index (χ0) is 24.6. The van der Waals surface area contributed by atoms with Crippen LogP contribution in [0.1, 0.15) is 24.4 Å². The second-order valence-electron chi connectivity index (χ2n) is 7.96. The second kappa shape index (κ2) is 9.15. The van der Waals surface area contributed by atoms with E-state index < -0.39 is 39.4 Å². The zero-order valence-corrected chi connectivity index (χ0v) is 19.5. The van der Waals surface area contributed by atoms with Gasteiger partial charge in [-0.25, -0.2) is 27.6 Å². The van der Waals surface area contributed by atoms with Gasteiger partial charge in [-0.3, -0.25) is 4.79 Å². The fourth-order valence-corrected chi connectivity index (χ4v) is 4.82. The van der Waals surface area contributed by atoms with Crippen LogP contribution in [0.4, 0.5) is 9.18 Å². The monoisotopic (exact) mass is 506 g/mol. The van der Waals surface area contributed by atoms with E-state index in [1.165, 1.54) is 46.1 Å². The Morgan fingerprint density at radius 2 is 2.03 bits per heavy atom. The lowest BCUT2D eigenvalue weighted by molar-refractivity contribution is 0.130. The highest BCUT2D eigenvalue weighted by Gasteiger charge is 2.37. The number of pyridine rings is 1. The summed E-state index contributed by atoms with van der Waals surface area (Å²) in [7, 11) is -3.65. The van der Waals surface area contributed by atoms with Crippen LogP contribution < -0.4 is 5.56 Å². The number of hydrogen-bond acceptors (Lipinski definition) is 6. The van der Waals surface area contributed by atoms with Crippen molar-refractivity contribution >= 4 is 27.5 Å². The van der Waals surface area contributed by atoms with Gasteiger partial charge in [0.1, 0.15) is 5.82 Å². The average molecular weight is 507 g/mol. The topological polar surface area (TPSA) is 122 Å². The van der Waals surface area contributed by atoms with Gasteiger partial charge in [0, 0.05) is 36.8 Å². The van der Waals surface area contributed by atoms with Crippen molar-refractivity contribution in [3.05, 3.63) is 75.5 Å². The van der Waals surface area contributed by atoms with Gasteiger partial charge in [-0.15, -0.1) is 0 Å². The van der Waals surface area contributed by atoms with E-state index in [2.05, 4.69) is 9.97 Å². The highest BCUT2D eigenvalue weighted by atomic mass is 35.5. The zero-order valence-electron chi connectivity index (χ0n) is 17.9. The molecule has 0 bridgehead atoms. The number of carboxylic acid groups (broad SMARTS) is 1. The highest BCUT2D eigenvalue weighted by Crippen LogP contribution is 2.33. The first-order chi connectivity index (χ1) is 16.1. The van der Waals surface area contributed by atoms with Crippen molar-refractivity contribution in [3.63, 3.8) is 0 Å². The van der Waals surface area contributed by atoms with Crippen molar-refractivity contribution < 1.29 is 22.7 Å². The Bertz CT molecular complexity index is 1430. The van der Waals surface area contributed by atoms with E-state index in [4.69, 9.17) is 11.6 Å². The van der Waals surface area contributed by atoms with Crippen LogP contribution in [0.25, 0.3) is 11.3 Å². The number of sulfone groups is 1. The van der Waals surface area contributed by atoms with Crippen molar-refractivity contribution in [2.75, 3.05) is 12.8 Å². The van der Waals surface area contributed by atoms with Gasteiger partial charge in [0.2, 0.25) is 15.0 Å². The number of hydrogen-bond donors (Lipinski definition) is 1. The molecule has 2 aromatic heterocycles. The number of carbonyl (C=O) groups is 1. The molecule has 1 aliphatic rings. The molecule has 9 nitrogen and oxygen atoms in total. The van der Waals surface area contributed by atoms with Gasteiger partial charge >= 0.3 is 6.09 Å². The lowest BCUT2D eigenvalue weighted by Gasteiger charge is -2.32. The maximum absolute atomic E-state index is 14.3. The maximum Gasteiger partial charge on any atom is 0.407 e. The molecule has 1 unspecified atom stereocenters. The lowest BCUT2D eigenvalue weighted by atomic mass is 9.96. The molecule has 34 heavy (non-hydrogen) atoms. The molecular weight excluding hydrogens is 487 g/mol. The third-order valence-electron chi connectivity index (χ3n) is 5.70. The van der Waals surface area contributed by atoms with E-state index in [0.717, 1.165) is 6.26 Å². The van der Waals surface area contributed by atoms with Crippen LogP contribution in [0, 0.1) is 5.82 Å². The minimum absolute atomic E-state index is 0.0860. The minimum atomic E-state index is -3.65. The Hall–Kier alpha value is -3.31. The summed E-state index contributed by atoms with van der Waals surface area (Å²) in [5, 5.41) is 9.20. The molecule has 1 fully saturated rings. The fraction of sp³-hybridized carbons (Fsp3) is 0.273. The number of likely N-dealkylation sites (tertiary alicyclic amines) is 1. The van der Waals surface area contributed by atoms with Crippen LogP contribution in [0.2, 0.25) is 5.02 Å². The molecule has 3 aromatic rings. The molecule has 4 rings (SSSR count). The predicted molar refractivity (Wildman–Crippen MR) is 122 cm³/mol. The number of rotatable bonds is 5. The summed E-state index contributed by atoms with van der Waals surface area (Å²) in [6.07, 6.45) is 3.70. The van der Waals surface area contributed by atoms with E-state index in [-0.39, 0.29) is 15.9 Å². The van der Waals surface area contributed by atoms with Gasteiger partial charge in [0.15, 0.2) is 0 Å². The van der Waals surface area contributed by atoms with Crippen LogP contribution in [0.5, 0.6) is 0 Å². The smallest absolute Gasteiger partial charge is 0.407 e. The van der Waals surface area contributed by atoms with Crippen molar-refractivity contribution in [2.45, 2.75) is 30.1 Å². The number of aromatic nitrogens is 3. The van der Waals surface area contributed by atoms with E-state index in [1.54, 1.807) is 12.1 Å². The van der Waals surface area contributed by atoms with Crippen LogP contribution in [-0.2, 0) is 9.84 Å². The number of benzene rings is 1. The number of amides is 1. The average Bonchev–Trinajstić information content (AvgIpc) is 3.27. The maximum atomic E-state index is 14.3. The third kappa shape index (κ3) is 4.66. The first kappa shape index (κ1) is 23.8. The van der Waals surface area contributed by atoms with Gasteiger partial charge in [-0.2, -0.15) is 0 Å². The largest absolute Gasteiger partial charge is 0.465 e. The highest BCUT2D eigenvalue weighted by molar-refractivity contribution is 7.90. The first-order valence-corrected chi connectivity index (χ1v) is 12.5. The second-order valence-corrected chi connectivity index (χ2v) is 10.3. The van der Waals surface area contributed by atoms with Gasteiger partial charge in [-0.05, 0) is 42.7 Å². The van der Waals surface area contributed by atoms with Gasteiger partial charge in [-0.1, -0.05) is 17.7 Å². The molecule has 1 amide bonds. The van der Waals surface area contributed by atoms with E-state index >= 15 is 0 Å². The normalized spacial score (nSPS) is 17.0. The Kier molecular flexibility index (Phi) is 6.41. The Labute approximate surface area is 199 Å². The number of halogens is 2. The summed E-state index contributed by atoms with van der Waals surface area (Å²) < 4.78 is 39.2. The molecule has 3 heterocycles. The molecule has 2 atom stereocenters. The Morgan fingerprint density at radius 3 is 2.68 bits per heavy atom. The fourth-order valence-electron chi connectivity index (χ4n) is 4.18. The lowest BCUT2D eigenvalue weighted by Crippen LogP contribution is -2.43. The standard InChI is InChI=1S/C22H20ClFN4O5S/c1-34(32,33)21-25-8-6-17(26-21)13-7-10-28(19(29)12-13)20(14-4-5-15(23)16(24)11-14)18-3-2-9-27(18)22(30)31/h4-8,10-12,18,20H,2-3,9H2,1H3,(H,30,31)/t18?,20-/m0/s1. The van der Waals surface area contributed by atoms with Gasteiger partial charge < -0.3 is 14.6 Å². The molecule has 1 N–H and O–H groups in total. The predicted octanol–water partition coefficient (Wildman–Crippen LogP) is 3.23. The molecule has 0 radical (unpaired) electrons. The summed E-state index contributed by atoms with van der Waals surface area (Å²) in [5.74, 6) is -0.678. The molecule has 178 valence electrons. The first-order valence-electron chi connectivity index (χ1n) is 10.3. The van der Waals surface area contributed by atoms with Gasteiger partial charge in [0.25, 0.3) is 5.56 Å². The molecule has 12 heteroatoms. The van der Waals surface area contributed by atoms with E-state index in [9.17, 15) is 27.5 Å². The minimum Gasteiger partial charge on any atom is -0.465 e. The quantitative estimate of drug-likeness (QED) is 0.527. The van der Waals surface area contributed by atoms with E-state index in [0.29, 0.717) is 30.5 Å². The van der Waals surface area contributed by atoms with Gasteiger partial charge in [0.05, 0.1) is 22.8 Å². The molecular formula is C22H20ClFN4O5S. The summed E-state index contributed by atoms with van der Waals surface area (Å²) >= 11 is 5.83. The van der Waals surface area contributed by atoms with Crippen LogP contribution in [0.15, 0.2) is 58.7 Å². The van der Waals surface area contributed by atoms with Crippen molar-refractivity contribution in [1.29, 1.82) is 0 Å². The summed E-state index contributed by atoms with van der Waals surface area (Å²) in [4.78, 5) is 34.0. The Balaban J connectivity index is 1.82. The molecule has 0 saturated carbocycles. The SMILES string of the molecule is CS(=O)(=O)c1nccc(-c2ccn([C@@H](c3ccc(Cl)c(F)c3)C3CCCN3C(=O)O)c(=O)c2)n1. The van der Waals surface area contributed by atoms with Crippen LogP contribution >= 0.6 is 11.6 Å². The summed E-state index contributed by atoms with van der Waals surface area (Å²) in [6.45, 7) is 0.300. The Morgan fingerprint density at radius 1 is 1.26 bits per heavy atom. The van der Waals surface area contributed by atoms with Crippen LogP contribution in [-0.4, -0.2) is 57.9 Å². The molecule has 0 aliphatic carbocycles. The molecule has 0 spiro atoms.